The molecular weight excluding hydrogens is 314 g/mol. The van der Waals surface area contributed by atoms with E-state index in [-0.39, 0.29) is 5.69 Å². The van der Waals surface area contributed by atoms with Crippen molar-refractivity contribution in [1.29, 1.82) is 0 Å². The molecule has 0 unspecified atom stereocenters. The summed E-state index contributed by atoms with van der Waals surface area (Å²) < 4.78 is 23.2. The molecule has 1 saturated heterocycles. The molecule has 1 aromatic rings. The lowest BCUT2D eigenvalue weighted by atomic mass is 10.1. The molecular formula is C12H15N3O6S. The van der Waals surface area contributed by atoms with E-state index in [1.807, 2.05) is 0 Å². The van der Waals surface area contributed by atoms with Gasteiger partial charge in [0.2, 0.25) is 0 Å². The minimum Gasteiger partial charge on any atom is -0.360 e. The van der Waals surface area contributed by atoms with Gasteiger partial charge >= 0.3 is 11.4 Å². The van der Waals surface area contributed by atoms with Crippen LogP contribution in [0.2, 0.25) is 0 Å². The molecule has 1 heterocycles. The van der Waals surface area contributed by atoms with Crippen molar-refractivity contribution in [3.05, 3.63) is 32.4 Å². The van der Waals surface area contributed by atoms with Crippen LogP contribution in [0.15, 0.2) is 17.0 Å². The minimum atomic E-state index is -3.79. The second-order valence-corrected chi connectivity index (χ2v) is 7.16. The number of sulfone groups is 1. The van der Waals surface area contributed by atoms with Crippen LogP contribution in [0.3, 0.4) is 0 Å². The fourth-order valence-electron chi connectivity index (χ4n) is 2.51. The first-order chi connectivity index (χ1) is 10.2. The summed E-state index contributed by atoms with van der Waals surface area (Å²) in [6, 6.07) is 1.79. The number of piperidine rings is 1. The quantitative estimate of drug-likeness (QED) is 0.610. The molecule has 0 atom stereocenters. The number of nitro benzene ring substituents is 2. The summed E-state index contributed by atoms with van der Waals surface area (Å²) in [5.74, 6) is 0. The summed E-state index contributed by atoms with van der Waals surface area (Å²) in [5, 5.41) is 22.6. The fourth-order valence-corrected chi connectivity index (χ4v) is 3.16. The zero-order valence-corrected chi connectivity index (χ0v) is 12.7. The third-order valence-corrected chi connectivity index (χ3v) is 4.63. The van der Waals surface area contributed by atoms with Crippen LogP contribution >= 0.6 is 0 Å². The molecule has 2 rings (SSSR count). The standard InChI is InChI=1S/C12H15N3O6S/c1-22(20,21)9-7-10(14(16)17)12(11(8-9)15(18)19)13-5-3-2-4-6-13/h7-8H,2-6H2,1H3. The lowest BCUT2D eigenvalue weighted by Gasteiger charge is -2.28. The molecule has 0 amide bonds. The summed E-state index contributed by atoms with van der Waals surface area (Å²) >= 11 is 0. The SMILES string of the molecule is CS(=O)(=O)c1cc([N+](=O)[O-])c(N2CCCCC2)c([N+](=O)[O-])c1. The summed E-state index contributed by atoms with van der Waals surface area (Å²) in [5.41, 5.74) is -1.20. The Morgan fingerprint density at radius 1 is 1.00 bits per heavy atom. The number of rotatable bonds is 4. The van der Waals surface area contributed by atoms with Crippen molar-refractivity contribution in [3.63, 3.8) is 0 Å². The highest BCUT2D eigenvalue weighted by Gasteiger charge is 2.33. The number of hydrogen-bond acceptors (Lipinski definition) is 7. The van der Waals surface area contributed by atoms with Crippen molar-refractivity contribution >= 4 is 26.9 Å². The van der Waals surface area contributed by atoms with Gasteiger partial charge in [-0.15, -0.1) is 0 Å². The van der Waals surface area contributed by atoms with E-state index in [4.69, 9.17) is 0 Å². The van der Waals surface area contributed by atoms with E-state index in [0.717, 1.165) is 37.7 Å². The zero-order valence-electron chi connectivity index (χ0n) is 11.9. The Morgan fingerprint density at radius 3 is 1.82 bits per heavy atom. The minimum absolute atomic E-state index is 0.109. The van der Waals surface area contributed by atoms with Gasteiger partial charge in [0.25, 0.3) is 0 Å². The molecule has 9 nitrogen and oxygen atoms in total. The van der Waals surface area contributed by atoms with Gasteiger partial charge in [-0.2, -0.15) is 0 Å². The fraction of sp³-hybridized carbons (Fsp3) is 0.500. The van der Waals surface area contributed by atoms with Crippen molar-refractivity contribution in [2.24, 2.45) is 0 Å². The summed E-state index contributed by atoms with van der Waals surface area (Å²) in [6.45, 7) is 0.944. The van der Waals surface area contributed by atoms with Crippen molar-refractivity contribution < 1.29 is 18.3 Å². The number of anilines is 1. The monoisotopic (exact) mass is 329 g/mol. The highest BCUT2D eigenvalue weighted by atomic mass is 32.2. The van der Waals surface area contributed by atoms with Gasteiger partial charge in [0.15, 0.2) is 15.5 Å². The van der Waals surface area contributed by atoms with Crippen LogP contribution in [0.5, 0.6) is 0 Å². The molecule has 0 aliphatic carbocycles. The van der Waals surface area contributed by atoms with Gasteiger partial charge in [-0.3, -0.25) is 20.2 Å². The van der Waals surface area contributed by atoms with Gasteiger partial charge in [-0.1, -0.05) is 0 Å². The van der Waals surface area contributed by atoms with Crippen LogP contribution < -0.4 is 4.90 Å². The molecule has 22 heavy (non-hydrogen) atoms. The number of hydrogen-bond donors (Lipinski definition) is 0. The molecule has 0 radical (unpaired) electrons. The molecule has 0 saturated carbocycles. The highest BCUT2D eigenvalue weighted by molar-refractivity contribution is 7.90. The van der Waals surface area contributed by atoms with Crippen molar-refractivity contribution in [3.8, 4) is 0 Å². The Balaban J connectivity index is 2.73. The average molecular weight is 329 g/mol. The van der Waals surface area contributed by atoms with Crippen LogP contribution in [-0.2, 0) is 9.84 Å². The molecule has 1 aromatic carbocycles. The van der Waals surface area contributed by atoms with E-state index in [1.54, 1.807) is 4.90 Å². The van der Waals surface area contributed by atoms with Gasteiger partial charge in [0, 0.05) is 31.5 Å². The van der Waals surface area contributed by atoms with E-state index in [2.05, 4.69) is 0 Å². The topological polar surface area (TPSA) is 124 Å². The van der Waals surface area contributed by atoms with Gasteiger partial charge in [-0.05, 0) is 19.3 Å². The summed E-state index contributed by atoms with van der Waals surface area (Å²) in [7, 11) is -3.79. The van der Waals surface area contributed by atoms with E-state index >= 15 is 0 Å². The van der Waals surface area contributed by atoms with Crippen molar-refractivity contribution in [1.82, 2.24) is 0 Å². The Hall–Kier alpha value is -2.23. The second kappa shape index (κ2) is 5.87. The third-order valence-electron chi connectivity index (χ3n) is 3.54. The Kier molecular flexibility index (Phi) is 4.31. The van der Waals surface area contributed by atoms with Gasteiger partial charge in [-0.25, -0.2) is 8.42 Å². The van der Waals surface area contributed by atoms with Crippen LogP contribution in [0.4, 0.5) is 17.1 Å². The van der Waals surface area contributed by atoms with E-state index < -0.39 is 36.0 Å². The van der Waals surface area contributed by atoms with Crippen LogP contribution in [0, 0.1) is 20.2 Å². The van der Waals surface area contributed by atoms with Crippen molar-refractivity contribution in [2.45, 2.75) is 24.2 Å². The number of nitro groups is 2. The molecule has 10 heteroatoms. The maximum absolute atomic E-state index is 11.6. The molecule has 120 valence electrons. The molecule has 1 aliphatic heterocycles. The van der Waals surface area contributed by atoms with E-state index in [1.165, 1.54) is 0 Å². The predicted molar refractivity (Wildman–Crippen MR) is 78.9 cm³/mol. The van der Waals surface area contributed by atoms with Crippen LogP contribution in [0.25, 0.3) is 0 Å². The molecule has 1 fully saturated rings. The molecule has 0 spiro atoms. The molecule has 0 bridgehead atoms. The predicted octanol–water partition coefficient (Wildman–Crippen LogP) is 1.90. The first-order valence-corrected chi connectivity index (χ1v) is 8.53. The smallest absolute Gasteiger partial charge is 0.300 e. The van der Waals surface area contributed by atoms with E-state index in [0.29, 0.717) is 13.1 Å². The lowest BCUT2D eigenvalue weighted by molar-refractivity contribution is -0.393. The van der Waals surface area contributed by atoms with Crippen LogP contribution in [0.1, 0.15) is 19.3 Å². The normalized spacial score (nSPS) is 15.6. The van der Waals surface area contributed by atoms with E-state index in [9.17, 15) is 28.6 Å². The highest BCUT2D eigenvalue weighted by Crippen LogP contribution is 2.40. The lowest BCUT2D eigenvalue weighted by Crippen LogP contribution is -2.30. The Bertz CT molecular complexity index is 689. The maximum Gasteiger partial charge on any atom is 0.300 e. The molecule has 0 N–H and O–H groups in total. The van der Waals surface area contributed by atoms with Gasteiger partial charge in [0.1, 0.15) is 0 Å². The summed E-state index contributed by atoms with van der Waals surface area (Å²) in [4.78, 5) is 22.2. The largest absolute Gasteiger partial charge is 0.360 e. The zero-order chi connectivity index (χ0) is 16.5. The number of nitrogens with zero attached hydrogens (tertiary/aromatic N) is 3. The van der Waals surface area contributed by atoms with Crippen LogP contribution in [-0.4, -0.2) is 37.6 Å². The van der Waals surface area contributed by atoms with Gasteiger partial charge < -0.3 is 4.90 Å². The first kappa shape index (κ1) is 16.1. The van der Waals surface area contributed by atoms with Gasteiger partial charge in [0.05, 0.1) is 14.7 Å². The third kappa shape index (κ3) is 3.16. The molecule has 1 aliphatic rings. The Morgan fingerprint density at radius 2 is 1.45 bits per heavy atom. The summed E-state index contributed by atoms with van der Waals surface area (Å²) in [6.07, 6.45) is 3.38. The Labute approximate surface area is 126 Å². The molecule has 0 aromatic heterocycles. The second-order valence-electron chi connectivity index (χ2n) is 5.14. The first-order valence-electron chi connectivity index (χ1n) is 6.63. The maximum atomic E-state index is 11.6. The number of benzene rings is 1. The average Bonchev–Trinajstić information content (AvgIpc) is 2.45. The van der Waals surface area contributed by atoms with Crippen molar-refractivity contribution in [2.75, 3.05) is 24.2 Å².